The second kappa shape index (κ2) is 6.98. The predicted molar refractivity (Wildman–Crippen MR) is 88.1 cm³/mol. The minimum Gasteiger partial charge on any atom is -0.369 e. The van der Waals surface area contributed by atoms with E-state index in [0.29, 0.717) is 31.5 Å². The molecule has 6 nitrogen and oxygen atoms in total. The Morgan fingerprint density at radius 2 is 1.78 bits per heavy atom. The average Bonchev–Trinajstić information content (AvgIpc) is 2.62. The van der Waals surface area contributed by atoms with Crippen LogP contribution >= 0.6 is 0 Å². The van der Waals surface area contributed by atoms with Gasteiger partial charge in [-0.25, -0.2) is 4.98 Å². The Morgan fingerprint density at radius 3 is 2.43 bits per heavy atom. The molecular weight excluding hydrogens is 292 g/mol. The highest BCUT2D eigenvalue weighted by atomic mass is 16.2. The largest absolute Gasteiger partial charge is 0.369 e. The van der Waals surface area contributed by atoms with Crippen molar-refractivity contribution in [3.05, 3.63) is 23.9 Å². The van der Waals surface area contributed by atoms with Crippen LogP contribution in [-0.2, 0) is 4.79 Å². The number of likely N-dealkylation sites (tertiary alicyclic amines) is 1. The molecule has 0 atom stereocenters. The van der Waals surface area contributed by atoms with Crippen molar-refractivity contribution in [2.45, 2.75) is 32.1 Å². The van der Waals surface area contributed by atoms with E-state index in [4.69, 9.17) is 5.73 Å². The molecule has 0 radical (unpaired) electrons. The molecule has 2 saturated heterocycles. The van der Waals surface area contributed by atoms with Crippen molar-refractivity contribution in [1.82, 2.24) is 9.88 Å². The van der Waals surface area contributed by atoms with E-state index in [-0.39, 0.29) is 17.7 Å². The number of carbonyl (C=O) groups excluding carboxylic acids is 2. The lowest BCUT2D eigenvalue weighted by Crippen LogP contribution is -2.42. The molecule has 1 aromatic heterocycles. The number of carbonyl (C=O) groups is 2. The molecule has 3 heterocycles. The number of amides is 2. The standard InChI is InChI=1S/C17H24N4O2/c18-15(22)13-6-11-21(12-7-13)17(23)14-5-4-8-19-16(14)20-9-2-1-3-10-20/h4-5,8,13H,1-3,6-7,9-12H2,(H2,18,22). The highest BCUT2D eigenvalue weighted by Crippen LogP contribution is 2.25. The summed E-state index contributed by atoms with van der Waals surface area (Å²) in [6.45, 7) is 3.09. The van der Waals surface area contributed by atoms with Crippen molar-refractivity contribution in [3.8, 4) is 0 Å². The number of primary amides is 1. The molecule has 0 spiro atoms. The van der Waals surface area contributed by atoms with Crippen molar-refractivity contribution in [2.24, 2.45) is 11.7 Å². The third kappa shape index (κ3) is 3.46. The van der Waals surface area contributed by atoms with Crippen molar-refractivity contribution in [1.29, 1.82) is 0 Å². The van der Waals surface area contributed by atoms with Crippen LogP contribution in [0.5, 0.6) is 0 Å². The summed E-state index contributed by atoms with van der Waals surface area (Å²) in [5, 5.41) is 0. The van der Waals surface area contributed by atoms with Gasteiger partial charge in [-0.15, -0.1) is 0 Å². The normalized spacial score (nSPS) is 19.7. The van der Waals surface area contributed by atoms with Gasteiger partial charge in [0.2, 0.25) is 5.91 Å². The molecule has 0 aliphatic carbocycles. The lowest BCUT2D eigenvalue weighted by Gasteiger charge is -2.33. The number of anilines is 1. The third-order valence-electron chi connectivity index (χ3n) is 4.86. The van der Waals surface area contributed by atoms with Gasteiger partial charge in [0.15, 0.2) is 0 Å². The summed E-state index contributed by atoms with van der Waals surface area (Å²) >= 11 is 0. The summed E-state index contributed by atoms with van der Waals surface area (Å²) in [6, 6.07) is 3.68. The highest BCUT2D eigenvalue weighted by Gasteiger charge is 2.28. The minimum atomic E-state index is -0.257. The lowest BCUT2D eigenvalue weighted by atomic mass is 9.96. The fourth-order valence-electron chi connectivity index (χ4n) is 3.46. The number of nitrogens with zero attached hydrogens (tertiary/aromatic N) is 3. The zero-order valence-corrected chi connectivity index (χ0v) is 13.4. The molecule has 2 amide bonds. The molecule has 3 rings (SSSR count). The van der Waals surface area contributed by atoms with Crippen molar-refractivity contribution < 1.29 is 9.59 Å². The SMILES string of the molecule is NC(=O)C1CCN(C(=O)c2cccnc2N2CCCCC2)CC1. The first-order valence-electron chi connectivity index (χ1n) is 8.45. The summed E-state index contributed by atoms with van der Waals surface area (Å²) in [6.07, 6.45) is 6.59. The molecular formula is C17H24N4O2. The fourth-order valence-corrected chi connectivity index (χ4v) is 3.46. The topological polar surface area (TPSA) is 79.5 Å². The lowest BCUT2D eigenvalue weighted by molar-refractivity contribution is -0.123. The summed E-state index contributed by atoms with van der Waals surface area (Å²) in [4.78, 5) is 32.7. The van der Waals surface area contributed by atoms with Crippen LogP contribution in [0, 0.1) is 5.92 Å². The number of hydrogen-bond donors (Lipinski definition) is 1. The van der Waals surface area contributed by atoms with Gasteiger partial charge in [0.25, 0.3) is 5.91 Å². The number of rotatable bonds is 3. The van der Waals surface area contributed by atoms with Crippen LogP contribution in [0.2, 0.25) is 0 Å². The monoisotopic (exact) mass is 316 g/mol. The smallest absolute Gasteiger partial charge is 0.257 e. The maximum atomic E-state index is 12.9. The quantitative estimate of drug-likeness (QED) is 0.914. The van der Waals surface area contributed by atoms with E-state index in [9.17, 15) is 9.59 Å². The predicted octanol–water partition coefficient (Wildman–Crippen LogP) is 1.41. The van der Waals surface area contributed by atoms with Gasteiger partial charge in [0.1, 0.15) is 5.82 Å². The van der Waals surface area contributed by atoms with E-state index in [1.165, 1.54) is 6.42 Å². The molecule has 2 aliphatic rings. The Hall–Kier alpha value is -2.11. The van der Waals surface area contributed by atoms with Gasteiger partial charge < -0.3 is 15.5 Å². The minimum absolute atomic E-state index is 0.0154. The summed E-state index contributed by atoms with van der Waals surface area (Å²) in [7, 11) is 0. The Kier molecular flexibility index (Phi) is 4.79. The number of pyridine rings is 1. The zero-order chi connectivity index (χ0) is 16.2. The number of piperidine rings is 2. The molecule has 1 aromatic rings. The van der Waals surface area contributed by atoms with Gasteiger partial charge in [0.05, 0.1) is 5.56 Å². The Balaban J connectivity index is 1.74. The van der Waals surface area contributed by atoms with Crippen LogP contribution in [0.3, 0.4) is 0 Å². The second-order valence-corrected chi connectivity index (χ2v) is 6.39. The van der Waals surface area contributed by atoms with Gasteiger partial charge >= 0.3 is 0 Å². The number of nitrogens with two attached hydrogens (primary N) is 1. The van der Waals surface area contributed by atoms with E-state index in [1.54, 1.807) is 6.20 Å². The van der Waals surface area contributed by atoms with Gasteiger partial charge in [-0.3, -0.25) is 9.59 Å². The molecule has 0 bridgehead atoms. The van der Waals surface area contributed by atoms with Crippen molar-refractivity contribution in [2.75, 3.05) is 31.1 Å². The van der Waals surface area contributed by atoms with Gasteiger partial charge in [-0.1, -0.05) is 0 Å². The third-order valence-corrected chi connectivity index (χ3v) is 4.86. The van der Waals surface area contributed by atoms with Crippen LogP contribution in [0.25, 0.3) is 0 Å². The molecule has 2 N–H and O–H groups in total. The molecule has 0 aromatic carbocycles. The van der Waals surface area contributed by atoms with E-state index < -0.39 is 0 Å². The van der Waals surface area contributed by atoms with Crippen LogP contribution in [0.1, 0.15) is 42.5 Å². The Morgan fingerprint density at radius 1 is 1.09 bits per heavy atom. The zero-order valence-electron chi connectivity index (χ0n) is 13.4. The molecule has 2 aliphatic heterocycles. The van der Waals surface area contributed by atoms with E-state index in [0.717, 1.165) is 31.7 Å². The first-order valence-corrected chi connectivity index (χ1v) is 8.45. The Bertz CT molecular complexity index is 576. The number of aromatic nitrogens is 1. The van der Waals surface area contributed by atoms with Gasteiger partial charge in [-0.2, -0.15) is 0 Å². The summed E-state index contributed by atoms with van der Waals surface area (Å²) < 4.78 is 0. The first kappa shape index (κ1) is 15.8. The molecule has 23 heavy (non-hydrogen) atoms. The molecule has 6 heteroatoms. The van der Waals surface area contributed by atoms with E-state index >= 15 is 0 Å². The molecule has 2 fully saturated rings. The average molecular weight is 316 g/mol. The van der Waals surface area contributed by atoms with E-state index in [2.05, 4.69) is 9.88 Å². The first-order chi connectivity index (χ1) is 11.2. The summed E-state index contributed by atoms with van der Waals surface area (Å²) in [5.41, 5.74) is 6.04. The molecule has 124 valence electrons. The fraction of sp³-hybridized carbons (Fsp3) is 0.588. The van der Waals surface area contributed by atoms with Crippen molar-refractivity contribution >= 4 is 17.6 Å². The summed E-state index contributed by atoms with van der Waals surface area (Å²) in [5.74, 6) is 0.456. The molecule has 0 saturated carbocycles. The maximum Gasteiger partial charge on any atom is 0.257 e. The van der Waals surface area contributed by atoms with Crippen LogP contribution in [0.4, 0.5) is 5.82 Å². The molecule has 0 unspecified atom stereocenters. The maximum absolute atomic E-state index is 12.9. The highest BCUT2D eigenvalue weighted by molar-refractivity contribution is 5.99. The van der Waals surface area contributed by atoms with Crippen LogP contribution in [0.15, 0.2) is 18.3 Å². The van der Waals surface area contributed by atoms with E-state index in [1.807, 2.05) is 17.0 Å². The van der Waals surface area contributed by atoms with Gasteiger partial charge in [0, 0.05) is 38.3 Å². The van der Waals surface area contributed by atoms with Crippen LogP contribution < -0.4 is 10.6 Å². The van der Waals surface area contributed by atoms with Crippen LogP contribution in [-0.4, -0.2) is 47.9 Å². The van der Waals surface area contributed by atoms with Crippen molar-refractivity contribution in [3.63, 3.8) is 0 Å². The Labute approximate surface area is 136 Å². The van der Waals surface area contributed by atoms with Gasteiger partial charge in [-0.05, 0) is 44.2 Å². The second-order valence-electron chi connectivity index (χ2n) is 6.39. The number of hydrogen-bond acceptors (Lipinski definition) is 4.